The molecule has 0 radical (unpaired) electrons. The summed E-state index contributed by atoms with van der Waals surface area (Å²) in [5.41, 5.74) is 1.09. The smallest absolute Gasteiger partial charge is 0.163 e. The summed E-state index contributed by atoms with van der Waals surface area (Å²) in [5, 5.41) is 26.5. The van der Waals surface area contributed by atoms with Gasteiger partial charge in [0.15, 0.2) is 11.5 Å². The number of hydrogen-bond donors (Lipinski definition) is 1. The highest BCUT2D eigenvalue weighted by atomic mass is 79.9. The van der Waals surface area contributed by atoms with Gasteiger partial charge in [-0.3, -0.25) is 0 Å². The highest BCUT2D eigenvalue weighted by Crippen LogP contribution is 2.24. The van der Waals surface area contributed by atoms with Gasteiger partial charge in [-0.15, -0.1) is 10.2 Å². The van der Waals surface area contributed by atoms with Crippen LogP contribution in [0, 0.1) is 11.3 Å². The van der Waals surface area contributed by atoms with Crippen LogP contribution in [0.25, 0.3) is 0 Å². The average Bonchev–Trinajstić information content (AvgIpc) is 2.48. The molecule has 2 rings (SSSR count). The lowest BCUT2D eigenvalue weighted by Gasteiger charge is -2.22. The summed E-state index contributed by atoms with van der Waals surface area (Å²) in [5.74, 6) is 0.916. The number of aromatic nitrogens is 2. The molecule has 0 saturated heterocycles. The highest BCUT2D eigenvalue weighted by molar-refractivity contribution is 9.10. The van der Waals surface area contributed by atoms with E-state index < -0.39 is 0 Å². The van der Waals surface area contributed by atoms with Crippen molar-refractivity contribution in [3.8, 4) is 11.8 Å². The van der Waals surface area contributed by atoms with Crippen LogP contribution in [0.3, 0.4) is 0 Å². The molecule has 0 amide bonds. The number of halogens is 1. The Labute approximate surface area is 125 Å². The summed E-state index contributed by atoms with van der Waals surface area (Å²) in [6, 6.07) is 10.6. The number of nitriles is 1. The van der Waals surface area contributed by atoms with E-state index in [1.165, 1.54) is 0 Å². The first kappa shape index (κ1) is 14.3. The zero-order valence-corrected chi connectivity index (χ0v) is 12.5. The fraction of sp³-hybridized carbons (Fsp3) is 0.214. The molecule has 0 saturated carbocycles. The molecule has 1 aromatic carbocycles. The number of phenolic OH excluding ortho intramolecular Hbond substituents is 1. The minimum atomic E-state index is 0.244. The molecule has 1 aromatic heterocycles. The molecule has 0 aliphatic rings. The quantitative estimate of drug-likeness (QED) is 0.931. The number of nitrogens with zero attached hydrogens (tertiary/aromatic N) is 4. The third-order valence-corrected chi connectivity index (χ3v) is 3.37. The second-order valence-electron chi connectivity index (χ2n) is 4.18. The molecule has 2 aromatic rings. The second-order valence-corrected chi connectivity index (χ2v) is 5.09. The van der Waals surface area contributed by atoms with E-state index in [0.29, 0.717) is 18.9 Å². The number of anilines is 1. The molecule has 102 valence electrons. The van der Waals surface area contributed by atoms with Crippen LogP contribution < -0.4 is 4.90 Å². The van der Waals surface area contributed by atoms with Crippen LogP contribution in [-0.2, 0) is 6.54 Å². The van der Waals surface area contributed by atoms with Gasteiger partial charge in [-0.1, -0.05) is 15.9 Å². The lowest BCUT2D eigenvalue weighted by Crippen LogP contribution is -2.23. The zero-order valence-electron chi connectivity index (χ0n) is 10.9. The summed E-state index contributed by atoms with van der Waals surface area (Å²) in [6.45, 7) is 3.23. The minimum absolute atomic E-state index is 0.244. The first-order chi connectivity index (χ1) is 9.63. The van der Waals surface area contributed by atoms with Gasteiger partial charge in [0, 0.05) is 23.1 Å². The van der Waals surface area contributed by atoms with Crippen LogP contribution in [-0.4, -0.2) is 21.8 Å². The van der Waals surface area contributed by atoms with Crippen LogP contribution in [0.4, 0.5) is 5.82 Å². The van der Waals surface area contributed by atoms with Crippen molar-refractivity contribution < 1.29 is 5.11 Å². The van der Waals surface area contributed by atoms with Gasteiger partial charge in [-0.2, -0.15) is 5.26 Å². The maximum absolute atomic E-state index is 9.88. The lowest BCUT2D eigenvalue weighted by atomic mass is 10.2. The van der Waals surface area contributed by atoms with Gasteiger partial charge in [-0.25, -0.2) is 0 Å². The standard InChI is InChI=1S/C14H13BrN4O/c1-2-19(14-6-4-12(8-16)17-18-14)9-10-7-11(15)3-5-13(10)20/h3-7,20H,2,9H2,1H3. The lowest BCUT2D eigenvalue weighted by molar-refractivity contribution is 0.467. The van der Waals surface area contributed by atoms with Crippen molar-refractivity contribution in [3.63, 3.8) is 0 Å². The maximum atomic E-state index is 9.88. The van der Waals surface area contributed by atoms with Crippen molar-refractivity contribution >= 4 is 21.7 Å². The van der Waals surface area contributed by atoms with Crippen LogP contribution in [0.2, 0.25) is 0 Å². The molecule has 1 heterocycles. The first-order valence-corrected chi connectivity index (χ1v) is 6.89. The van der Waals surface area contributed by atoms with Crippen molar-refractivity contribution in [2.45, 2.75) is 13.5 Å². The fourth-order valence-corrected chi connectivity index (χ4v) is 2.20. The van der Waals surface area contributed by atoms with Crippen LogP contribution in [0.5, 0.6) is 5.75 Å². The molecule has 0 aliphatic carbocycles. The summed E-state index contributed by atoms with van der Waals surface area (Å²) >= 11 is 3.39. The Bertz CT molecular complexity index is 637. The predicted octanol–water partition coefficient (Wildman–Crippen LogP) is 2.84. The third-order valence-electron chi connectivity index (χ3n) is 2.87. The van der Waals surface area contributed by atoms with Gasteiger partial charge >= 0.3 is 0 Å². The van der Waals surface area contributed by atoms with Crippen molar-refractivity contribution in [1.82, 2.24) is 10.2 Å². The van der Waals surface area contributed by atoms with Crippen molar-refractivity contribution in [1.29, 1.82) is 5.26 Å². The number of rotatable bonds is 4. The Hall–Kier alpha value is -2.13. The SMILES string of the molecule is CCN(Cc1cc(Br)ccc1O)c1ccc(C#N)nn1. The summed E-state index contributed by atoms with van der Waals surface area (Å²) in [6.07, 6.45) is 0. The van der Waals surface area contributed by atoms with Gasteiger partial charge in [-0.05, 0) is 37.3 Å². The average molecular weight is 333 g/mol. The molecule has 0 aliphatic heterocycles. The van der Waals surface area contributed by atoms with E-state index in [1.54, 1.807) is 24.3 Å². The number of hydrogen-bond acceptors (Lipinski definition) is 5. The Morgan fingerprint density at radius 1 is 1.30 bits per heavy atom. The van der Waals surface area contributed by atoms with Crippen LogP contribution in [0.1, 0.15) is 18.2 Å². The van der Waals surface area contributed by atoms with Crippen LogP contribution in [0.15, 0.2) is 34.8 Å². The van der Waals surface area contributed by atoms with Crippen molar-refractivity contribution in [2.24, 2.45) is 0 Å². The third kappa shape index (κ3) is 3.25. The number of aromatic hydroxyl groups is 1. The Balaban J connectivity index is 2.24. The molecule has 20 heavy (non-hydrogen) atoms. The Morgan fingerprint density at radius 2 is 2.10 bits per heavy atom. The van der Waals surface area contributed by atoms with E-state index in [0.717, 1.165) is 10.0 Å². The molecule has 0 fully saturated rings. The van der Waals surface area contributed by atoms with E-state index in [4.69, 9.17) is 5.26 Å². The zero-order chi connectivity index (χ0) is 14.5. The van der Waals surface area contributed by atoms with E-state index >= 15 is 0 Å². The maximum Gasteiger partial charge on any atom is 0.163 e. The van der Waals surface area contributed by atoms with Gasteiger partial charge in [0.1, 0.15) is 11.8 Å². The second kappa shape index (κ2) is 6.35. The largest absolute Gasteiger partial charge is 0.508 e. The molecule has 5 nitrogen and oxygen atoms in total. The van der Waals surface area contributed by atoms with Crippen molar-refractivity contribution in [3.05, 3.63) is 46.1 Å². The normalized spacial score (nSPS) is 10.1. The predicted molar refractivity (Wildman–Crippen MR) is 79.3 cm³/mol. The highest BCUT2D eigenvalue weighted by Gasteiger charge is 2.11. The fourth-order valence-electron chi connectivity index (χ4n) is 1.79. The van der Waals surface area contributed by atoms with E-state index in [-0.39, 0.29) is 11.4 Å². The van der Waals surface area contributed by atoms with Gasteiger partial charge in [0.05, 0.1) is 0 Å². The molecule has 0 unspecified atom stereocenters. The molecule has 1 N–H and O–H groups in total. The topological polar surface area (TPSA) is 73.0 Å². The molecule has 0 spiro atoms. The van der Waals surface area contributed by atoms with Gasteiger partial charge in [0.2, 0.25) is 0 Å². The Morgan fingerprint density at radius 3 is 2.70 bits per heavy atom. The van der Waals surface area contributed by atoms with E-state index in [1.807, 2.05) is 24.0 Å². The molecule has 6 heteroatoms. The summed E-state index contributed by atoms with van der Waals surface area (Å²) < 4.78 is 0.910. The van der Waals surface area contributed by atoms with Gasteiger partial charge in [0.25, 0.3) is 0 Å². The molecular weight excluding hydrogens is 320 g/mol. The Kier molecular flexibility index (Phi) is 4.53. The van der Waals surface area contributed by atoms with Gasteiger partial charge < -0.3 is 10.0 Å². The first-order valence-electron chi connectivity index (χ1n) is 6.10. The van der Waals surface area contributed by atoms with E-state index in [2.05, 4.69) is 26.1 Å². The van der Waals surface area contributed by atoms with Crippen molar-refractivity contribution in [2.75, 3.05) is 11.4 Å². The van der Waals surface area contributed by atoms with Crippen LogP contribution >= 0.6 is 15.9 Å². The molecular formula is C14H13BrN4O. The molecule has 0 atom stereocenters. The summed E-state index contributed by atoms with van der Waals surface area (Å²) in [7, 11) is 0. The number of benzene rings is 1. The number of phenols is 1. The molecule has 0 bridgehead atoms. The summed E-state index contributed by atoms with van der Waals surface area (Å²) in [4.78, 5) is 1.97. The van der Waals surface area contributed by atoms with E-state index in [9.17, 15) is 5.11 Å². The monoisotopic (exact) mass is 332 g/mol. The minimum Gasteiger partial charge on any atom is -0.508 e.